The number of nitrogens with zero attached hydrogens (tertiary/aromatic N) is 1. The smallest absolute Gasteiger partial charge is 0.250 e. The van der Waals surface area contributed by atoms with E-state index in [9.17, 15) is 9.59 Å². The zero-order valence-electron chi connectivity index (χ0n) is 13.8. The SMILES string of the molecule is COCCNCC(=O)Nc1ccc(=O)n(Cc2ccccc2Cl)c1.Cl. The monoisotopic (exact) mass is 385 g/mol. The van der Waals surface area contributed by atoms with Crippen molar-refractivity contribution < 1.29 is 9.53 Å². The molecule has 0 aliphatic rings. The van der Waals surface area contributed by atoms with E-state index in [2.05, 4.69) is 10.6 Å². The van der Waals surface area contributed by atoms with Crippen LogP contribution in [0.2, 0.25) is 5.02 Å². The lowest BCUT2D eigenvalue weighted by atomic mass is 10.2. The Morgan fingerprint density at radius 2 is 2.00 bits per heavy atom. The minimum absolute atomic E-state index is 0. The van der Waals surface area contributed by atoms with Crippen LogP contribution in [0.15, 0.2) is 47.4 Å². The van der Waals surface area contributed by atoms with Crippen molar-refractivity contribution in [3.8, 4) is 0 Å². The molecule has 0 saturated carbocycles. The molecule has 0 aliphatic carbocycles. The van der Waals surface area contributed by atoms with Gasteiger partial charge in [-0.2, -0.15) is 0 Å². The van der Waals surface area contributed by atoms with Gasteiger partial charge in [0.05, 0.1) is 25.4 Å². The molecule has 6 nitrogen and oxygen atoms in total. The third kappa shape index (κ3) is 6.88. The number of hydrogen-bond acceptors (Lipinski definition) is 4. The average molecular weight is 386 g/mol. The Balaban J connectivity index is 0.00000312. The Morgan fingerprint density at radius 3 is 2.72 bits per heavy atom. The van der Waals surface area contributed by atoms with Crippen molar-refractivity contribution >= 4 is 35.6 Å². The third-order valence-corrected chi connectivity index (χ3v) is 3.70. The van der Waals surface area contributed by atoms with Crippen LogP contribution in [0.25, 0.3) is 0 Å². The molecule has 2 rings (SSSR count). The molecular formula is C17H21Cl2N3O3. The summed E-state index contributed by atoms with van der Waals surface area (Å²) in [5.41, 5.74) is 1.23. The third-order valence-electron chi connectivity index (χ3n) is 3.33. The summed E-state index contributed by atoms with van der Waals surface area (Å²) in [4.78, 5) is 23.9. The topological polar surface area (TPSA) is 72.4 Å². The second-order valence-corrected chi connectivity index (χ2v) is 5.60. The summed E-state index contributed by atoms with van der Waals surface area (Å²) in [7, 11) is 1.60. The fourth-order valence-electron chi connectivity index (χ4n) is 2.12. The number of nitrogens with one attached hydrogen (secondary N) is 2. The van der Waals surface area contributed by atoms with Crippen molar-refractivity contribution in [2.45, 2.75) is 6.54 Å². The lowest BCUT2D eigenvalue weighted by molar-refractivity contribution is -0.115. The fourth-order valence-corrected chi connectivity index (χ4v) is 2.32. The maximum Gasteiger partial charge on any atom is 0.250 e. The molecular weight excluding hydrogens is 365 g/mol. The van der Waals surface area contributed by atoms with Crippen LogP contribution in [0.3, 0.4) is 0 Å². The van der Waals surface area contributed by atoms with Crippen molar-refractivity contribution in [1.82, 2.24) is 9.88 Å². The van der Waals surface area contributed by atoms with Gasteiger partial charge in [0, 0.05) is 30.9 Å². The highest BCUT2D eigenvalue weighted by Gasteiger charge is 2.06. The fraction of sp³-hybridized carbons (Fsp3) is 0.294. The van der Waals surface area contributed by atoms with E-state index < -0.39 is 0 Å². The van der Waals surface area contributed by atoms with E-state index in [1.165, 1.54) is 10.6 Å². The van der Waals surface area contributed by atoms with E-state index in [0.29, 0.717) is 30.4 Å². The van der Waals surface area contributed by atoms with E-state index in [-0.39, 0.29) is 30.4 Å². The second-order valence-electron chi connectivity index (χ2n) is 5.19. The number of hydrogen-bond donors (Lipinski definition) is 2. The molecule has 0 unspecified atom stereocenters. The summed E-state index contributed by atoms with van der Waals surface area (Å²) in [6.07, 6.45) is 1.61. The van der Waals surface area contributed by atoms with Crippen LogP contribution in [0.1, 0.15) is 5.56 Å². The van der Waals surface area contributed by atoms with Gasteiger partial charge in [0.15, 0.2) is 0 Å². The van der Waals surface area contributed by atoms with Crippen molar-refractivity contribution in [1.29, 1.82) is 0 Å². The van der Waals surface area contributed by atoms with Crippen LogP contribution >= 0.6 is 24.0 Å². The minimum Gasteiger partial charge on any atom is -0.383 e. The van der Waals surface area contributed by atoms with Gasteiger partial charge in [-0.15, -0.1) is 12.4 Å². The van der Waals surface area contributed by atoms with E-state index >= 15 is 0 Å². The van der Waals surface area contributed by atoms with Crippen LogP contribution < -0.4 is 16.2 Å². The highest BCUT2D eigenvalue weighted by atomic mass is 35.5. The Morgan fingerprint density at radius 1 is 1.24 bits per heavy atom. The predicted molar refractivity (Wildman–Crippen MR) is 102 cm³/mol. The number of pyridine rings is 1. The highest BCUT2D eigenvalue weighted by molar-refractivity contribution is 6.31. The molecule has 0 saturated heterocycles. The summed E-state index contributed by atoms with van der Waals surface area (Å²) >= 11 is 6.13. The summed E-state index contributed by atoms with van der Waals surface area (Å²) in [5, 5.41) is 6.31. The summed E-state index contributed by atoms with van der Waals surface area (Å²) in [6.45, 7) is 1.65. The summed E-state index contributed by atoms with van der Waals surface area (Å²) in [5.74, 6) is -0.186. The van der Waals surface area contributed by atoms with E-state index in [1.54, 1.807) is 25.4 Å². The molecule has 25 heavy (non-hydrogen) atoms. The molecule has 0 radical (unpaired) electrons. The Labute approximate surface area is 157 Å². The molecule has 1 heterocycles. The Bertz CT molecular complexity index is 750. The maximum atomic E-state index is 12.0. The molecule has 1 amide bonds. The lowest BCUT2D eigenvalue weighted by Crippen LogP contribution is -2.30. The van der Waals surface area contributed by atoms with Gasteiger partial charge in [0.1, 0.15) is 0 Å². The van der Waals surface area contributed by atoms with E-state index in [4.69, 9.17) is 16.3 Å². The number of carbonyl (C=O) groups is 1. The molecule has 8 heteroatoms. The number of carbonyl (C=O) groups excluding carboxylic acids is 1. The molecule has 1 aromatic heterocycles. The largest absolute Gasteiger partial charge is 0.383 e. The molecule has 0 fully saturated rings. The molecule has 0 atom stereocenters. The van der Waals surface area contributed by atoms with Gasteiger partial charge < -0.3 is 19.9 Å². The van der Waals surface area contributed by atoms with Crippen molar-refractivity contribution in [3.05, 3.63) is 63.5 Å². The predicted octanol–water partition coefficient (Wildman–Crippen LogP) is 2.15. The van der Waals surface area contributed by atoms with Gasteiger partial charge >= 0.3 is 0 Å². The molecule has 0 aliphatic heterocycles. The first-order chi connectivity index (χ1) is 11.6. The summed E-state index contributed by atoms with van der Waals surface area (Å²) in [6, 6.07) is 10.3. The molecule has 1 aromatic carbocycles. The van der Waals surface area contributed by atoms with Gasteiger partial charge in [0.25, 0.3) is 5.56 Å². The minimum atomic E-state index is -0.186. The summed E-state index contributed by atoms with van der Waals surface area (Å²) < 4.78 is 6.40. The number of halogens is 2. The zero-order valence-corrected chi connectivity index (χ0v) is 15.4. The van der Waals surface area contributed by atoms with Gasteiger partial charge in [-0.05, 0) is 17.7 Å². The molecule has 2 N–H and O–H groups in total. The Hall–Kier alpha value is -1.86. The van der Waals surface area contributed by atoms with Crippen molar-refractivity contribution in [3.63, 3.8) is 0 Å². The molecule has 2 aromatic rings. The molecule has 0 bridgehead atoms. The number of benzene rings is 1. The quantitative estimate of drug-likeness (QED) is 0.682. The number of methoxy groups -OCH3 is 1. The number of rotatable bonds is 8. The number of amides is 1. The van der Waals surface area contributed by atoms with Crippen LogP contribution in [0.4, 0.5) is 5.69 Å². The highest BCUT2D eigenvalue weighted by Crippen LogP contribution is 2.16. The maximum absolute atomic E-state index is 12.0. The van der Waals surface area contributed by atoms with Crippen LogP contribution in [0, 0.1) is 0 Å². The first kappa shape index (κ1) is 21.2. The van der Waals surface area contributed by atoms with Gasteiger partial charge in [-0.1, -0.05) is 29.8 Å². The second kappa shape index (κ2) is 10.9. The first-order valence-electron chi connectivity index (χ1n) is 7.53. The van der Waals surface area contributed by atoms with Crippen molar-refractivity contribution in [2.75, 3.05) is 32.1 Å². The molecule has 0 spiro atoms. The lowest BCUT2D eigenvalue weighted by Gasteiger charge is -2.11. The van der Waals surface area contributed by atoms with Gasteiger partial charge in [0.2, 0.25) is 5.91 Å². The van der Waals surface area contributed by atoms with E-state index in [0.717, 1.165) is 5.56 Å². The first-order valence-corrected chi connectivity index (χ1v) is 7.91. The van der Waals surface area contributed by atoms with E-state index in [1.807, 2.05) is 18.2 Å². The van der Waals surface area contributed by atoms with Crippen LogP contribution in [-0.4, -0.2) is 37.3 Å². The van der Waals surface area contributed by atoms with Gasteiger partial charge in [-0.25, -0.2) is 0 Å². The average Bonchev–Trinajstić information content (AvgIpc) is 2.57. The standard InChI is InChI=1S/C17H20ClN3O3.ClH/c1-24-9-8-19-10-16(22)20-14-6-7-17(23)21(12-14)11-13-4-2-3-5-15(13)18;/h2-7,12,19H,8-11H2,1H3,(H,20,22);1H. The van der Waals surface area contributed by atoms with Crippen molar-refractivity contribution in [2.24, 2.45) is 0 Å². The number of aromatic nitrogens is 1. The zero-order chi connectivity index (χ0) is 17.4. The normalized spacial score (nSPS) is 10.2. The number of anilines is 1. The van der Waals surface area contributed by atoms with Crippen LogP contribution in [0.5, 0.6) is 0 Å². The van der Waals surface area contributed by atoms with Crippen LogP contribution in [-0.2, 0) is 16.1 Å². The molecule has 136 valence electrons. The number of ether oxygens (including phenoxy) is 1. The Kier molecular flexibility index (Phi) is 9.23. The van der Waals surface area contributed by atoms with Gasteiger partial charge in [-0.3, -0.25) is 9.59 Å².